The topological polar surface area (TPSA) is 75.7 Å². The molecule has 0 aromatic heterocycles. The molecule has 1 saturated carbocycles. The Labute approximate surface area is 192 Å². The van der Waals surface area contributed by atoms with Gasteiger partial charge in [0.1, 0.15) is 6.10 Å². The SMILES string of the molecule is O=C([C@H]1CCO1)N1CC2(CC2)[C@H](NS(=O)(=O)C(F)F)[C@@H]1Cc1cccc(-c2ccccc2)c1. The lowest BCUT2D eigenvalue weighted by Crippen LogP contribution is -2.53. The van der Waals surface area contributed by atoms with Crippen LogP contribution < -0.4 is 4.72 Å². The summed E-state index contributed by atoms with van der Waals surface area (Å²) >= 11 is 0. The predicted octanol–water partition coefficient (Wildman–Crippen LogP) is 3.19. The van der Waals surface area contributed by atoms with E-state index in [2.05, 4.69) is 4.72 Å². The summed E-state index contributed by atoms with van der Waals surface area (Å²) in [4.78, 5) is 14.8. The monoisotopic (exact) mass is 476 g/mol. The molecule has 1 aliphatic carbocycles. The molecule has 1 N–H and O–H groups in total. The first-order chi connectivity index (χ1) is 15.8. The molecule has 176 valence electrons. The van der Waals surface area contributed by atoms with Crippen LogP contribution in [0.1, 0.15) is 24.8 Å². The molecule has 2 saturated heterocycles. The molecule has 2 aromatic rings. The molecule has 0 unspecified atom stereocenters. The van der Waals surface area contributed by atoms with Crippen molar-refractivity contribution >= 4 is 15.9 Å². The van der Waals surface area contributed by atoms with E-state index >= 15 is 0 Å². The van der Waals surface area contributed by atoms with E-state index in [0.29, 0.717) is 38.8 Å². The molecule has 3 aliphatic rings. The third kappa shape index (κ3) is 4.29. The van der Waals surface area contributed by atoms with Crippen LogP contribution in [0.4, 0.5) is 8.78 Å². The summed E-state index contributed by atoms with van der Waals surface area (Å²) in [5, 5.41) is 0. The van der Waals surface area contributed by atoms with Gasteiger partial charge in [-0.25, -0.2) is 13.1 Å². The Hall–Kier alpha value is -2.36. The van der Waals surface area contributed by atoms with Crippen LogP contribution in [0.5, 0.6) is 0 Å². The maximum absolute atomic E-state index is 13.2. The lowest BCUT2D eigenvalue weighted by molar-refractivity contribution is -0.157. The van der Waals surface area contributed by atoms with Crippen LogP contribution in [0.3, 0.4) is 0 Å². The summed E-state index contributed by atoms with van der Waals surface area (Å²) in [6, 6.07) is 16.3. The zero-order chi connectivity index (χ0) is 23.2. The summed E-state index contributed by atoms with van der Waals surface area (Å²) < 4.78 is 58.4. The molecule has 2 aliphatic heterocycles. The number of hydrogen-bond donors (Lipinski definition) is 1. The molecular formula is C24H26F2N2O4S. The summed E-state index contributed by atoms with van der Waals surface area (Å²) in [6.07, 6.45) is 1.83. The molecule has 0 bridgehead atoms. The standard InChI is InChI=1S/C24H26F2N2O4S/c25-23(26)33(30,31)27-21-19(28(15-24(21)10-11-24)22(29)20-9-12-32-20)14-16-5-4-8-18(13-16)17-6-2-1-3-7-17/h1-8,13,19-21,23,27H,9-12,14-15H2/t19-,20+,21+/m0/s1. The smallest absolute Gasteiger partial charge is 0.350 e. The summed E-state index contributed by atoms with van der Waals surface area (Å²) in [5.74, 6) is -3.70. The number of amides is 1. The molecule has 1 amide bonds. The van der Waals surface area contributed by atoms with E-state index < -0.39 is 39.4 Å². The van der Waals surface area contributed by atoms with E-state index in [-0.39, 0.29) is 5.91 Å². The molecule has 5 rings (SSSR count). The fraction of sp³-hybridized carbons (Fsp3) is 0.458. The van der Waals surface area contributed by atoms with Gasteiger partial charge in [0, 0.05) is 24.4 Å². The maximum atomic E-state index is 13.2. The Morgan fingerprint density at radius 1 is 1.12 bits per heavy atom. The molecular weight excluding hydrogens is 450 g/mol. The summed E-state index contributed by atoms with van der Waals surface area (Å²) in [6.45, 7) is 0.867. The average molecular weight is 477 g/mol. The Kier molecular flexibility index (Phi) is 5.74. The van der Waals surface area contributed by atoms with Gasteiger partial charge in [0.15, 0.2) is 0 Å². The lowest BCUT2D eigenvalue weighted by atomic mass is 9.91. The third-order valence-electron chi connectivity index (χ3n) is 7.08. The van der Waals surface area contributed by atoms with Gasteiger partial charge in [-0.15, -0.1) is 0 Å². The van der Waals surface area contributed by atoms with Crippen molar-refractivity contribution in [3.8, 4) is 11.1 Å². The number of halogens is 2. The van der Waals surface area contributed by atoms with Crippen molar-refractivity contribution in [1.82, 2.24) is 9.62 Å². The number of carbonyl (C=O) groups excluding carboxylic acids is 1. The first-order valence-electron chi connectivity index (χ1n) is 11.1. The van der Waals surface area contributed by atoms with Crippen LogP contribution in [0.25, 0.3) is 11.1 Å². The summed E-state index contributed by atoms with van der Waals surface area (Å²) in [7, 11) is -4.80. The molecule has 3 atom stereocenters. The molecule has 2 aromatic carbocycles. The van der Waals surface area contributed by atoms with Gasteiger partial charge in [-0.3, -0.25) is 4.79 Å². The fourth-order valence-electron chi connectivity index (χ4n) is 5.04. The molecule has 6 nitrogen and oxygen atoms in total. The number of likely N-dealkylation sites (tertiary alicyclic amines) is 1. The van der Waals surface area contributed by atoms with Crippen molar-refractivity contribution in [2.24, 2.45) is 5.41 Å². The van der Waals surface area contributed by atoms with Crippen LogP contribution in [0.2, 0.25) is 0 Å². The molecule has 33 heavy (non-hydrogen) atoms. The van der Waals surface area contributed by atoms with Gasteiger partial charge in [-0.1, -0.05) is 54.6 Å². The number of nitrogens with one attached hydrogen (secondary N) is 1. The van der Waals surface area contributed by atoms with Gasteiger partial charge in [0.25, 0.3) is 15.9 Å². The lowest BCUT2D eigenvalue weighted by Gasteiger charge is -2.34. The van der Waals surface area contributed by atoms with E-state index in [1.165, 1.54) is 0 Å². The summed E-state index contributed by atoms with van der Waals surface area (Å²) in [5.41, 5.74) is 2.45. The largest absolute Gasteiger partial charge is 0.368 e. The van der Waals surface area contributed by atoms with E-state index in [0.717, 1.165) is 16.7 Å². The minimum absolute atomic E-state index is 0.185. The van der Waals surface area contributed by atoms with Crippen molar-refractivity contribution in [3.63, 3.8) is 0 Å². The quantitative estimate of drug-likeness (QED) is 0.666. The number of sulfonamides is 1. The molecule has 2 heterocycles. The minimum atomic E-state index is -4.80. The van der Waals surface area contributed by atoms with Crippen LogP contribution in [-0.4, -0.2) is 56.3 Å². The second-order valence-electron chi connectivity index (χ2n) is 9.22. The average Bonchev–Trinajstić information content (AvgIpc) is 3.49. The van der Waals surface area contributed by atoms with Crippen LogP contribution in [-0.2, 0) is 26.0 Å². The molecule has 9 heteroatoms. The first-order valence-corrected chi connectivity index (χ1v) is 12.7. The fourth-order valence-corrected chi connectivity index (χ4v) is 5.90. The number of alkyl halides is 2. The molecule has 0 radical (unpaired) electrons. The van der Waals surface area contributed by atoms with Crippen molar-refractivity contribution in [3.05, 3.63) is 60.2 Å². The highest BCUT2D eigenvalue weighted by Gasteiger charge is 2.62. The van der Waals surface area contributed by atoms with Gasteiger partial charge in [-0.05, 0) is 36.0 Å². The van der Waals surface area contributed by atoms with Crippen molar-refractivity contribution < 1.29 is 26.7 Å². The second-order valence-corrected chi connectivity index (χ2v) is 10.9. The van der Waals surface area contributed by atoms with Crippen molar-refractivity contribution in [2.45, 2.75) is 49.6 Å². The van der Waals surface area contributed by atoms with Crippen molar-refractivity contribution in [2.75, 3.05) is 13.2 Å². The molecule has 3 fully saturated rings. The van der Waals surface area contributed by atoms with Crippen LogP contribution in [0.15, 0.2) is 54.6 Å². The Balaban J connectivity index is 1.47. The van der Waals surface area contributed by atoms with E-state index in [1.807, 2.05) is 54.6 Å². The zero-order valence-corrected chi connectivity index (χ0v) is 18.8. The zero-order valence-electron chi connectivity index (χ0n) is 18.0. The second kappa shape index (κ2) is 8.45. The van der Waals surface area contributed by atoms with Crippen LogP contribution in [0, 0.1) is 5.41 Å². The van der Waals surface area contributed by atoms with Gasteiger partial charge in [-0.2, -0.15) is 8.78 Å². The highest BCUT2D eigenvalue weighted by atomic mass is 32.2. The third-order valence-corrected chi connectivity index (χ3v) is 8.14. The molecule has 1 spiro atoms. The Morgan fingerprint density at radius 2 is 1.82 bits per heavy atom. The maximum Gasteiger partial charge on any atom is 0.350 e. The Morgan fingerprint density at radius 3 is 2.42 bits per heavy atom. The van der Waals surface area contributed by atoms with Gasteiger partial charge in [0.05, 0.1) is 12.6 Å². The van der Waals surface area contributed by atoms with Gasteiger partial charge in [0.2, 0.25) is 0 Å². The number of nitrogens with zero attached hydrogens (tertiary/aromatic N) is 1. The van der Waals surface area contributed by atoms with Gasteiger partial charge < -0.3 is 9.64 Å². The number of benzene rings is 2. The highest BCUT2D eigenvalue weighted by Crippen LogP contribution is 2.56. The van der Waals surface area contributed by atoms with E-state index in [9.17, 15) is 22.0 Å². The normalized spacial score (nSPS) is 25.9. The number of carbonyl (C=O) groups is 1. The van der Waals surface area contributed by atoms with E-state index in [1.54, 1.807) is 4.90 Å². The number of rotatable bonds is 7. The van der Waals surface area contributed by atoms with Crippen LogP contribution >= 0.6 is 0 Å². The highest BCUT2D eigenvalue weighted by molar-refractivity contribution is 7.89. The first kappa shape index (κ1) is 22.4. The number of hydrogen-bond acceptors (Lipinski definition) is 4. The van der Waals surface area contributed by atoms with Crippen molar-refractivity contribution in [1.29, 1.82) is 0 Å². The minimum Gasteiger partial charge on any atom is -0.368 e. The van der Waals surface area contributed by atoms with Gasteiger partial charge >= 0.3 is 5.76 Å². The predicted molar refractivity (Wildman–Crippen MR) is 119 cm³/mol. The number of ether oxygens (including phenoxy) is 1. The van der Waals surface area contributed by atoms with E-state index in [4.69, 9.17) is 4.74 Å². The Bertz CT molecular complexity index is 1130.